The Morgan fingerprint density at radius 2 is 0.863 bits per heavy atom. The third-order valence-electron chi connectivity index (χ3n) is 9.51. The molecule has 0 aliphatic carbocycles. The standard InChI is InChI=1S/C50H35N/c1-2-11-36(12-3-1)42-17-8-18-43(33-42)38-25-29-46(30-26-38)51(47-31-27-39(28-32-47)44-24-23-37-13-4-5-15-41(37)34-44)48-20-9-19-45(35-48)50-22-10-16-40-14-6-7-21-49(40)50/h1-35H/i25D,26D,29D,30D. The summed E-state index contributed by atoms with van der Waals surface area (Å²) in [5, 5.41) is 4.60. The van der Waals surface area contributed by atoms with Crippen LogP contribution in [0.3, 0.4) is 0 Å². The molecule has 0 aliphatic heterocycles. The molecule has 0 fully saturated rings. The Labute approximate surface area is 305 Å². The van der Waals surface area contributed by atoms with Crippen molar-refractivity contribution in [3.63, 3.8) is 0 Å². The Morgan fingerprint density at radius 1 is 0.294 bits per heavy atom. The van der Waals surface area contributed by atoms with Crippen LogP contribution in [0.5, 0.6) is 0 Å². The largest absolute Gasteiger partial charge is 0.310 e. The summed E-state index contributed by atoms with van der Waals surface area (Å²) >= 11 is 0. The van der Waals surface area contributed by atoms with Crippen molar-refractivity contribution in [2.24, 2.45) is 0 Å². The van der Waals surface area contributed by atoms with E-state index in [0.717, 1.165) is 60.9 Å². The second-order valence-electron chi connectivity index (χ2n) is 12.7. The molecule has 51 heavy (non-hydrogen) atoms. The highest BCUT2D eigenvalue weighted by molar-refractivity contribution is 5.97. The number of hydrogen-bond acceptors (Lipinski definition) is 1. The molecular weight excluding hydrogens is 615 g/mol. The van der Waals surface area contributed by atoms with Crippen molar-refractivity contribution in [2.45, 2.75) is 0 Å². The van der Waals surface area contributed by atoms with E-state index in [2.05, 4.69) is 84.9 Å². The minimum Gasteiger partial charge on any atom is -0.310 e. The lowest BCUT2D eigenvalue weighted by molar-refractivity contribution is 1.28. The summed E-state index contributed by atoms with van der Waals surface area (Å²) in [6.07, 6.45) is 0. The Kier molecular flexibility index (Phi) is 6.84. The predicted molar refractivity (Wildman–Crippen MR) is 218 cm³/mol. The molecule has 0 unspecified atom stereocenters. The fourth-order valence-electron chi connectivity index (χ4n) is 6.92. The zero-order valence-electron chi connectivity index (χ0n) is 31.8. The van der Waals surface area contributed by atoms with Crippen LogP contribution in [0.4, 0.5) is 17.1 Å². The molecule has 9 rings (SSSR count). The minimum atomic E-state index is -0.115. The lowest BCUT2D eigenvalue weighted by atomic mass is 9.97. The van der Waals surface area contributed by atoms with Gasteiger partial charge in [-0.3, -0.25) is 0 Å². The van der Waals surface area contributed by atoms with Crippen molar-refractivity contribution >= 4 is 38.6 Å². The Balaban J connectivity index is 1.21. The molecule has 0 bridgehead atoms. The van der Waals surface area contributed by atoms with Gasteiger partial charge in [-0.25, -0.2) is 0 Å². The van der Waals surface area contributed by atoms with E-state index in [4.69, 9.17) is 0 Å². The average Bonchev–Trinajstić information content (AvgIpc) is 3.25. The maximum atomic E-state index is 9.52. The van der Waals surface area contributed by atoms with Crippen molar-refractivity contribution in [3.8, 4) is 44.5 Å². The van der Waals surface area contributed by atoms with Crippen LogP contribution in [0.15, 0.2) is 212 Å². The van der Waals surface area contributed by atoms with Gasteiger partial charge in [0.05, 0.1) is 5.48 Å². The monoisotopic (exact) mass is 653 g/mol. The Morgan fingerprint density at radius 3 is 1.69 bits per heavy atom. The number of nitrogens with zero attached hydrogens (tertiary/aromatic N) is 1. The van der Waals surface area contributed by atoms with Gasteiger partial charge in [0, 0.05) is 17.1 Å². The van der Waals surface area contributed by atoms with Gasteiger partial charge < -0.3 is 4.90 Å². The third-order valence-corrected chi connectivity index (χ3v) is 9.51. The summed E-state index contributed by atoms with van der Waals surface area (Å²) in [6, 6.07) is 62.8. The Bertz CT molecular complexity index is 2830. The van der Waals surface area contributed by atoms with E-state index in [1.807, 2.05) is 108 Å². The summed E-state index contributed by atoms with van der Waals surface area (Å²) in [5.74, 6) is 0. The molecule has 0 spiro atoms. The second-order valence-corrected chi connectivity index (χ2v) is 12.7. The van der Waals surface area contributed by atoms with Gasteiger partial charge in [-0.2, -0.15) is 0 Å². The van der Waals surface area contributed by atoms with Crippen LogP contribution in [-0.4, -0.2) is 0 Å². The topological polar surface area (TPSA) is 3.24 Å². The molecule has 0 N–H and O–H groups in total. The first kappa shape index (κ1) is 26.2. The molecule has 0 amide bonds. The number of hydrogen-bond donors (Lipinski definition) is 0. The van der Waals surface area contributed by atoms with Gasteiger partial charge in [0.2, 0.25) is 0 Å². The maximum Gasteiger partial charge on any atom is 0.0645 e. The fourth-order valence-corrected chi connectivity index (χ4v) is 6.92. The van der Waals surface area contributed by atoms with Gasteiger partial charge in [-0.05, 0) is 115 Å². The number of rotatable bonds is 7. The third kappa shape index (κ3) is 6.07. The van der Waals surface area contributed by atoms with Gasteiger partial charge in [-0.15, -0.1) is 0 Å². The number of fused-ring (bicyclic) bond motifs is 2. The first-order valence-electron chi connectivity index (χ1n) is 19.2. The quantitative estimate of drug-likeness (QED) is 0.165. The van der Waals surface area contributed by atoms with Crippen molar-refractivity contribution < 1.29 is 5.48 Å². The van der Waals surface area contributed by atoms with Gasteiger partial charge in [0.1, 0.15) is 0 Å². The highest BCUT2D eigenvalue weighted by Crippen LogP contribution is 2.40. The van der Waals surface area contributed by atoms with Gasteiger partial charge in [-0.1, -0.05) is 164 Å². The zero-order chi connectivity index (χ0) is 37.5. The molecule has 1 heteroatoms. The molecule has 0 radical (unpaired) electrons. The van der Waals surface area contributed by atoms with Crippen LogP contribution < -0.4 is 4.90 Å². The highest BCUT2D eigenvalue weighted by Gasteiger charge is 2.15. The molecule has 240 valence electrons. The van der Waals surface area contributed by atoms with Crippen molar-refractivity contribution in [1.82, 2.24) is 0 Å². The first-order chi connectivity index (χ1) is 26.9. The lowest BCUT2D eigenvalue weighted by Gasteiger charge is -2.26. The van der Waals surface area contributed by atoms with E-state index in [0.29, 0.717) is 5.56 Å². The summed E-state index contributed by atoms with van der Waals surface area (Å²) in [6.45, 7) is 0. The van der Waals surface area contributed by atoms with Gasteiger partial charge >= 0.3 is 0 Å². The molecule has 0 aliphatic rings. The summed E-state index contributed by atoms with van der Waals surface area (Å²) in [7, 11) is 0. The number of benzene rings is 9. The molecule has 9 aromatic rings. The zero-order valence-corrected chi connectivity index (χ0v) is 27.8. The SMILES string of the molecule is [2H]c1c([2H])c(N(c2ccc(-c3ccc4ccccc4c3)cc2)c2cccc(-c3cccc4ccccc34)c2)c([2H])c([2H])c1-c1cccc(-c2ccccc2)c1. The van der Waals surface area contributed by atoms with Crippen LogP contribution in [0.1, 0.15) is 5.48 Å². The normalized spacial score (nSPS) is 12.2. The predicted octanol–water partition coefficient (Wildman–Crippen LogP) is 14.1. The van der Waals surface area contributed by atoms with Crippen LogP contribution in [0.2, 0.25) is 0 Å². The van der Waals surface area contributed by atoms with E-state index in [9.17, 15) is 5.48 Å². The first-order valence-corrected chi connectivity index (χ1v) is 17.2. The fraction of sp³-hybridized carbons (Fsp3) is 0. The molecule has 1 nitrogen and oxygen atoms in total. The van der Waals surface area contributed by atoms with Crippen LogP contribution in [0, 0.1) is 0 Å². The smallest absolute Gasteiger partial charge is 0.0645 e. The Hall–Kier alpha value is -6.70. The summed E-state index contributed by atoms with van der Waals surface area (Å²) < 4.78 is 37.8. The second kappa shape index (κ2) is 13.3. The maximum absolute atomic E-state index is 9.52. The van der Waals surface area contributed by atoms with Crippen molar-refractivity contribution in [3.05, 3.63) is 212 Å². The average molecular weight is 654 g/mol. The van der Waals surface area contributed by atoms with Crippen molar-refractivity contribution in [2.75, 3.05) is 4.90 Å². The van der Waals surface area contributed by atoms with E-state index in [1.54, 1.807) is 0 Å². The van der Waals surface area contributed by atoms with Crippen LogP contribution in [-0.2, 0) is 0 Å². The summed E-state index contributed by atoms with van der Waals surface area (Å²) in [5.41, 5.74) is 8.67. The van der Waals surface area contributed by atoms with Crippen LogP contribution >= 0.6 is 0 Å². The molecule has 0 atom stereocenters. The number of anilines is 3. The van der Waals surface area contributed by atoms with Gasteiger partial charge in [0.25, 0.3) is 0 Å². The van der Waals surface area contributed by atoms with Crippen LogP contribution in [0.25, 0.3) is 66.1 Å². The van der Waals surface area contributed by atoms with E-state index >= 15 is 0 Å². The van der Waals surface area contributed by atoms with E-state index in [-0.39, 0.29) is 35.4 Å². The molecule has 0 heterocycles. The van der Waals surface area contributed by atoms with Gasteiger partial charge in [0.15, 0.2) is 0 Å². The molecule has 0 aromatic heterocycles. The molecular formula is C50H35N. The highest BCUT2D eigenvalue weighted by atomic mass is 15.1. The summed E-state index contributed by atoms with van der Waals surface area (Å²) in [4.78, 5) is 1.86. The molecule has 9 aromatic carbocycles. The molecule has 0 saturated carbocycles. The minimum absolute atomic E-state index is 0.0933. The van der Waals surface area contributed by atoms with E-state index < -0.39 is 0 Å². The lowest BCUT2D eigenvalue weighted by Crippen LogP contribution is -2.10. The van der Waals surface area contributed by atoms with Crippen molar-refractivity contribution in [1.29, 1.82) is 0 Å². The molecule has 0 saturated heterocycles. The van der Waals surface area contributed by atoms with E-state index in [1.165, 1.54) is 5.39 Å².